The van der Waals surface area contributed by atoms with Crippen molar-refractivity contribution >= 4 is 166 Å². The van der Waals surface area contributed by atoms with E-state index >= 15 is 0 Å². The predicted molar refractivity (Wildman–Crippen MR) is 284 cm³/mol. The molecule has 0 fully saturated rings. The number of aldehydes is 1. The first-order chi connectivity index (χ1) is 33.9. The van der Waals surface area contributed by atoms with Gasteiger partial charge in [-0.25, -0.2) is 0 Å². The predicted octanol–water partition coefficient (Wildman–Crippen LogP) is -4.06. The van der Waals surface area contributed by atoms with Gasteiger partial charge in [0.25, 0.3) is 0 Å². The van der Waals surface area contributed by atoms with Gasteiger partial charge in [-0.15, -0.1) is 0 Å². The molecule has 0 heterocycles. The van der Waals surface area contributed by atoms with Crippen LogP contribution in [-0.2, 0) is 62.3 Å². The van der Waals surface area contributed by atoms with E-state index in [1.807, 2.05) is 0 Å². The maximum Gasteiger partial charge on any atom is 0.471 e. The van der Waals surface area contributed by atoms with Crippen LogP contribution in [0.5, 0.6) is 0 Å². The molecule has 0 aliphatic heterocycles. The molecule has 0 unspecified atom stereocenters. The topological polar surface area (TPSA) is 422 Å². The number of halogens is 6. The van der Waals surface area contributed by atoms with Crippen LogP contribution in [0.25, 0.3) is 0 Å². The van der Waals surface area contributed by atoms with Crippen LogP contribution in [0.4, 0.5) is 26.3 Å². The highest BCUT2D eigenvalue weighted by molar-refractivity contribution is 7.81. The molecule has 0 bridgehead atoms. The summed E-state index contributed by atoms with van der Waals surface area (Å²) in [5, 5.41) is 17.2. The van der Waals surface area contributed by atoms with Crippen LogP contribution in [0.15, 0.2) is 0 Å². The molecule has 0 rings (SSSR count). The zero-order chi connectivity index (χ0) is 60.1. The average molecular weight is 1210 g/mol. The van der Waals surface area contributed by atoms with E-state index in [-0.39, 0.29) is 58.5 Å². The second-order valence-electron chi connectivity index (χ2n) is 13.0. The summed E-state index contributed by atoms with van der Waals surface area (Å²) < 4.78 is 69.7. The third-order valence-electron chi connectivity index (χ3n) is 6.71. The van der Waals surface area contributed by atoms with Gasteiger partial charge in [-0.3, -0.25) is 57.5 Å². The number of hydrogen-bond donors (Lipinski definition) is 19. The highest BCUT2D eigenvalue weighted by Gasteiger charge is 2.41. The van der Waals surface area contributed by atoms with Crippen LogP contribution in [0.3, 0.4) is 0 Å². The van der Waals surface area contributed by atoms with Crippen molar-refractivity contribution < 1.29 is 88.7 Å². The summed E-state index contributed by atoms with van der Waals surface area (Å²) in [5.41, 5.74) is 19.1. The Balaban J connectivity index is -0.000000143. The van der Waals surface area contributed by atoms with Gasteiger partial charge in [-0.2, -0.15) is 115 Å². The van der Waals surface area contributed by atoms with Crippen LogP contribution in [0, 0.1) is 0 Å². The molecular formula is C36H66F6N12O13S7. The van der Waals surface area contributed by atoms with Gasteiger partial charge in [0.2, 0.25) is 59.1 Å². The number of primary amides is 4. The van der Waals surface area contributed by atoms with Crippen molar-refractivity contribution in [2.45, 2.75) is 89.1 Å². The smallest absolute Gasteiger partial charge is 0.368 e. The van der Waals surface area contributed by atoms with E-state index < -0.39 is 84.0 Å². The highest BCUT2D eigenvalue weighted by Crippen LogP contribution is 2.15. The van der Waals surface area contributed by atoms with E-state index in [2.05, 4.69) is 132 Å². The fraction of sp³-hybridized carbons (Fsp3) is 0.639. The fourth-order valence-electron chi connectivity index (χ4n) is 3.20. The average Bonchev–Trinajstić information content (AvgIpc) is 3.30. The molecule has 0 spiro atoms. The Hall–Kier alpha value is -4.66. The Kier molecular flexibility index (Phi) is 55.4. The molecule has 0 saturated heterocycles. The van der Waals surface area contributed by atoms with Gasteiger partial charge in [0.05, 0.1) is 0 Å². The number of nitrogens with one attached hydrogen (secondary N) is 8. The number of alkyl halides is 6. The minimum atomic E-state index is -5.02. The number of hydrogen-bond acceptors (Lipinski definition) is 20. The maximum absolute atomic E-state index is 11.6. The van der Waals surface area contributed by atoms with Crippen molar-refractivity contribution in [3.8, 4) is 0 Å². The molecular weight excluding hydrogens is 1150 g/mol. The van der Waals surface area contributed by atoms with Crippen LogP contribution in [0.2, 0.25) is 0 Å². The van der Waals surface area contributed by atoms with Crippen molar-refractivity contribution in [1.29, 1.82) is 0 Å². The fourth-order valence-corrected chi connectivity index (χ4v) is 4.98. The molecule has 74 heavy (non-hydrogen) atoms. The van der Waals surface area contributed by atoms with E-state index in [1.165, 1.54) is 52.4 Å². The maximum atomic E-state index is 11.6. The van der Waals surface area contributed by atoms with Crippen molar-refractivity contribution in [2.24, 2.45) is 22.9 Å². The summed E-state index contributed by atoms with van der Waals surface area (Å²) in [6.07, 6.45) is -7.56. The van der Waals surface area contributed by atoms with Crippen LogP contribution in [-0.4, -0.2) is 180 Å². The number of rotatable bonds is 21. The van der Waals surface area contributed by atoms with Crippen molar-refractivity contribution in [3.05, 3.63) is 0 Å². The van der Waals surface area contributed by atoms with E-state index in [9.17, 15) is 88.7 Å². The number of carbonyl (C=O) groups is 13. The third-order valence-corrected chi connectivity index (χ3v) is 9.22. The molecule has 16 N–H and O–H groups in total. The first-order valence-electron chi connectivity index (χ1n) is 20.0. The largest absolute Gasteiger partial charge is 0.471 e. The van der Waals surface area contributed by atoms with E-state index in [0.717, 1.165) is 18.5 Å². The Morgan fingerprint density at radius 3 is 0.730 bits per heavy atom. The number of amides is 12. The van der Waals surface area contributed by atoms with Gasteiger partial charge >= 0.3 is 24.2 Å². The van der Waals surface area contributed by atoms with Crippen molar-refractivity contribution in [3.63, 3.8) is 0 Å². The lowest BCUT2D eigenvalue weighted by atomic mass is 10.3. The Bertz CT molecular complexity index is 1650. The summed E-state index contributed by atoms with van der Waals surface area (Å²) in [6.45, 7) is 5.36. The molecule has 0 saturated carbocycles. The van der Waals surface area contributed by atoms with Crippen LogP contribution in [0.1, 0.15) is 40.5 Å². The third kappa shape index (κ3) is 53.6. The van der Waals surface area contributed by atoms with Crippen LogP contribution >= 0.6 is 88.4 Å². The zero-order valence-electron chi connectivity index (χ0n) is 40.4. The van der Waals surface area contributed by atoms with Gasteiger partial charge < -0.3 is 70.3 Å². The lowest BCUT2D eigenvalue weighted by Crippen LogP contribution is -2.50. The van der Waals surface area contributed by atoms with E-state index in [4.69, 9.17) is 11.5 Å². The molecule has 6 atom stereocenters. The van der Waals surface area contributed by atoms with Crippen LogP contribution < -0.4 is 65.5 Å². The SMILES string of the molecule is CC(=O)N[C@@H](CS)C(N)=O.CC(=O)N[C@H](CS)C(N)=O.CNC(=O)[C@@H](CS)NC(C)=O.CNC(=O)[C@H](CS)NC(C)=O.NC(=O)[C@@H](CS)NC(=O)C(F)(F)F.NC(=O)[C@H](CS)NC(=O)C(F)(F)F.O=CCCCS. The summed E-state index contributed by atoms with van der Waals surface area (Å²) in [7, 11) is 3.03. The zero-order valence-corrected chi connectivity index (χ0v) is 46.7. The highest BCUT2D eigenvalue weighted by atomic mass is 32.1. The lowest BCUT2D eigenvalue weighted by molar-refractivity contribution is -0.174. The molecule has 25 nitrogen and oxygen atoms in total. The van der Waals surface area contributed by atoms with Gasteiger partial charge in [0.1, 0.15) is 42.5 Å². The molecule has 0 aromatic carbocycles. The Morgan fingerprint density at radius 1 is 0.419 bits per heavy atom. The molecule has 0 aliphatic carbocycles. The molecule has 0 aromatic rings. The quantitative estimate of drug-likeness (QED) is 0.0226. The monoisotopic (exact) mass is 1210 g/mol. The van der Waals surface area contributed by atoms with Gasteiger partial charge in [-0.1, -0.05) is 0 Å². The lowest BCUT2D eigenvalue weighted by Gasteiger charge is -2.13. The molecule has 0 aliphatic rings. The Labute approximate surface area is 460 Å². The van der Waals surface area contributed by atoms with Gasteiger partial charge in [-0.05, 0) is 12.2 Å². The van der Waals surface area contributed by atoms with Gasteiger partial charge in [0, 0.05) is 82.7 Å². The summed E-state index contributed by atoms with van der Waals surface area (Å²) in [4.78, 5) is 135. The molecule has 0 radical (unpaired) electrons. The first kappa shape index (κ1) is 83.3. The molecule has 38 heteroatoms. The van der Waals surface area contributed by atoms with E-state index in [1.54, 1.807) is 0 Å². The molecule has 0 aromatic heterocycles. The molecule has 432 valence electrons. The summed E-state index contributed by atoms with van der Waals surface area (Å²) in [6, 6.07) is -5.17. The first-order valence-corrected chi connectivity index (χ1v) is 24.4. The number of unbranched alkanes of at least 4 members (excludes halogenated alkanes) is 1. The minimum Gasteiger partial charge on any atom is -0.368 e. The standard InChI is InChI=1S/2C6H12N2O2S.2C5H7F3N2O2S.2C5H10N2O2S.C4H8OS/c2*1-4(9)8-5(3-11)6(10)7-2;2*6-5(7,8)4(12)10-2(1-13)3(9)11;2*1-3(8)7-4(2-10)5(6)9;5-3-1-2-4-6/h2*5,11H,3H2,1-2H3,(H,7,10)(H,8,9);2*2,13H,1H2,(H2,9,11)(H,10,12);2*4,10H,2H2,1H3,(H2,6,9)(H,7,8);3,6H,1-2,4H2/t2*5-;2*2-;2*4-;/m101010./s1. The van der Waals surface area contributed by atoms with E-state index in [0.29, 0.717) is 17.9 Å². The number of carbonyl (C=O) groups excluding carboxylic acids is 13. The Morgan fingerprint density at radius 2 is 0.622 bits per heavy atom. The minimum absolute atomic E-state index is 0.227. The second-order valence-corrected chi connectivity index (χ2v) is 15.7. The summed E-state index contributed by atoms with van der Waals surface area (Å²) in [5.74, 6) is -7.80. The van der Waals surface area contributed by atoms with Crippen molar-refractivity contribution in [1.82, 2.24) is 42.5 Å². The second kappa shape index (κ2) is 49.2. The van der Waals surface area contributed by atoms with Gasteiger partial charge in [0.15, 0.2) is 0 Å². The number of thiol groups is 7. The van der Waals surface area contributed by atoms with Crippen molar-refractivity contribution in [2.75, 3.05) is 54.4 Å². The number of likely N-dealkylation sites (N-methyl/N-ethyl adjacent to an activating group) is 2. The summed E-state index contributed by atoms with van der Waals surface area (Å²) >= 11 is 26.4. The normalized spacial score (nSPS) is 12.3. The number of nitrogens with two attached hydrogens (primary N) is 4. The molecule has 12 amide bonds.